The zero-order valence-electron chi connectivity index (χ0n) is 13.3. The molecule has 0 aromatic heterocycles. The van der Waals surface area contributed by atoms with E-state index in [1.807, 2.05) is 23.9 Å². The maximum atomic E-state index is 10.0. The van der Waals surface area contributed by atoms with Crippen LogP contribution in [-0.2, 0) is 0 Å². The van der Waals surface area contributed by atoms with E-state index in [1.165, 1.54) is 30.4 Å². The van der Waals surface area contributed by atoms with Crippen LogP contribution >= 0.6 is 11.8 Å². The molecular formula is C17H27NO2S. The summed E-state index contributed by atoms with van der Waals surface area (Å²) in [5.41, 5.74) is 2.37. The quantitative estimate of drug-likeness (QED) is 0.812. The number of hydrogen-bond acceptors (Lipinski definition) is 4. The van der Waals surface area contributed by atoms with E-state index in [0.717, 1.165) is 11.0 Å². The van der Waals surface area contributed by atoms with Crippen LogP contribution in [0.3, 0.4) is 0 Å². The van der Waals surface area contributed by atoms with Crippen LogP contribution < -0.4 is 10.1 Å². The summed E-state index contributed by atoms with van der Waals surface area (Å²) in [6, 6.07) is 6.69. The molecular weight excluding hydrogens is 282 g/mol. The van der Waals surface area contributed by atoms with Crippen molar-refractivity contribution in [2.45, 2.75) is 50.5 Å². The van der Waals surface area contributed by atoms with Crippen molar-refractivity contribution in [1.29, 1.82) is 0 Å². The maximum Gasteiger partial charge on any atom is 0.119 e. The van der Waals surface area contributed by atoms with E-state index in [9.17, 15) is 5.11 Å². The summed E-state index contributed by atoms with van der Waals surface area (Å²) in [5.74, 6) is 0.842. The zero-order chi connectivity index (χ0) is 15.2. The average Bonchev–Trinajstić information content (AvgIpc) is 2.90. The van der Waals surface area contributed by atoms with Gasteiger partial charge in [0, 0.05) is 17.8 Å². The lowest BCUT2D eigenvalue weighted by Gasteiger charge is -2.17. The van der Waals surface area contributed by atoms with Gasteiger partial charge in [0.2, 0.25) is 0 Å². The molecule has 0 radical (unpaired) electrons. The van der Waals surface area contributed by atoms with Crippen LogP contribution in [0, 0.1) is 13.8 Å². The molecule has 1 aromatic rings. The highest BCUT2D eigenvalue weighted by Gasteiger charge is 2.23. The van der Waals surface area contributed by atoms with Crippen LogP contribution in [0.5, 0.6) is 5.75 Å². The van der Waals surface area contributed by atoms with Crippen LogP contribution in [0.25, 0.3) is 0 Å². The topological polar surface area (TPSA) is 41.5 Å². The van der Waals surface area contributed by atoms with E-state index >= 15 is 0 Å². The second-order valence-electron chi connectivity index (χ2n) is 6.06. The third-order valence-corrected chi connectivity index (χ3v) is 5.09. The molecule has 1 fully saturated rings. The standard InChI is InChI=1S/C17H27NO2S/c1-12-6-13(2)8-16(7-12)20-11-15(19)10-18-14-4-5-17(9-14)21-3/h6-8,14-15,17-19H,4-5,9-11H2,1-3H3. The third kappa shape index (κ3) is 5.53. The van der Waals surface area contributed by atoms with Gasteiger partial charge in [0.15, 0.2) is 0 Å². The van der Waals surface area contributed by atoms with E-state index in [2.05, 4.69) is 31.5 Å². The molecule has 3 atom stereocenters. The van der Waals surface area contributed by atoms with Crippen molar-refractivity contribution in [2.75, 3.05) is 19.4 Å². The summed E-state index contributed by atoms with van der Waals surface area (Å²) < 4.78 is 5.69. The SMILES string of the molecule is CSC1CCC(NCC(O)COc2cc(C)cc(C)c2)C1. The van der Waals surface area contributed by atoms with Gasteiger partial charge in [-0.1, -0.05) is 6.07 Å². The molecule has 1 aliphatic rings. The normalized spacial score (nSPS) is 23.2. The predicted octanol–water partition coefficient (Wildman–Crippen LogP) is 2.92. The van der Waals surface area contributed by atoms with Crippen molar-refractivity contribution in [3.05, 3.63) is 29.3 Å². The minimum atomic E-state index is -0.459. The third-order valence-electron chi connectivity index (χ3n) is 4.00. The van der Waals surface area contributed by atoms with Crippen molar-refractivity contribution in [3.63, 3.8) is 0 Å². The van der Waals surface area contributed by atoms with Crippen molar-refractivity contribution in [2.24, 2.45) is 0 Å². The molecule has 0 spiro atoms. The van der Waals surface area contributed by atoms with Gasteiger partial charge in [-0.3, -0.25) is 0 Å². The van der Waals surface area contributed by atoms with Crippen molar-refractivity contribution in [3.8, 4) is 5.75 Å². The minimum Gasteiger partial charge on any atom is -0.491 e. The molecule has 2 N–H and O–H groups in total. The molecule has 118 valence electrons. The predicted molar refractivity (Wildman–Crippen MR) is 90.4 cm³/mol. The van der Waals surface area contributed by atoms with Crippen molar-refractivity contribution in [1.82, 2.24) is 5.32 Å². The molecule has 21 heavy (non-hydrogen) atoms. The van der Waals surface area contributed by atoms with Gasteiger partial charge in [-0.05, 0) is 62.6 Å². The molecule has 3 nitrogen and oxygen atoms in total. The van der Waals surface area contributed by atoms with E-state index in [4.69, 9.17) is 4.74 Å². The smallest absolute Gasteiger partial charge is 0.119 e. The second kappa shape index (κ2) is 8.06. The minimum absolute atomic E-state index is 0.342. The first-order valence-corrected chi connectivity index (χ1v) is 9.01. The number of aliphatic hydroxyl groups excluding tert-OH is 1. The lowest BCUT2D eigenvalue weighted by Crippen LogP contribution is -2.37. The molecule has 0 saturated heterocycles. The first kappa shape index (κ1) is 16.7. The summed E-state index contributed by atoms with van der Waals surface area (Å²) in [5, 5.41) is 14.3. The molecule has 0 aliphatic heterocycles. The largest absolute Gasteiger partial charge is 0.491 e. The lowest BCUT2D eigenvalue weighted by atomic mass is 10.1. The highest BCUT2D eigenvalue weighted by atomic mass is 32.2. The van der Waals surface area contributed by atoms with Crippen LogP contribution in [-0.4, -0.2) is 41.9 Å². The Morgan fingerprint density at radius 3 is 2.62 bits per heavy atom. The summed E-state index contributed by atoms with van der Waals surface area (Å²) >= 11 is 1.95. The van der Waals surface area contributed by atoms with Crippen molar-refractivity contribution >= 4 is 11.8 Å². The number of ether oxygens (including phenoxy) is 1. The number of aryl methyl sites for hydroxylation is 2. The first-order chi connectivity index (χ1) is 10.1. The van der Waals surface area contributed by atoms with Gasteiger partial charge >= 0.3 is 0 Å². The number of aliphatic hydroxyl groups is 1. The highest BCUT2D eigenvalue weighted by molar-refractivity contribution is 7.99. The zero-order valence-corrected chi connectivity index (χ0v) is 14.1. The van der Waals surface area contributed by atoms with E-state index < -0.39 is 6.10 Å². The van der Waals surface area contributed by atoms with Crippen LogP contribution in [0.1, 0.15) is 30.4 Å². The van der Waals surface area contributed by atoms with E-state index in [1.54, 1.807) is 0 Å². The number of thioether (sulfide) groups is 1. The monoisotopic (exact) mass is 309 g/mol. The van der Waals surface area contributed by atoms with Crippen LogP contribution in [0.15, 0.2) is 18.2 Å². The Labute approximate surface area is 132 Å². The van der Waals surface area contributed by atoms with Crippen LogP contribution in [0.4, 0.5) is 0 Å². The number of rotatable bonds is 7. The summed E-state index contributed by atoms with van der Waals surface area (Å²) in [4.78, 5) is 0. The number of hydrogen-bond donors (Lipinski definition) is 2. The van der Waals surface area contributed by atoms with Gasteiger partial charge in [0.25, 0.3) is 0 Å². The molecule has 3 unspecified atom stereocenters. The first-order valence-electron chi connectivity index (χ1n) is 7.72. The van der Waals surface area contributed by atoms with Gasteiger partial charge in [0.1, 0.15) is 18.5 Å². The average molecular weight is 309 g/mol. The Morgan fingerprint density at radius 2 is 2.00 bits per heavy atom. The summed E-state index contributed by atoms with van der Waals surface area (Å²) in [7, 11) is 0. The summed E-state index contributed by atoms with van der Waals surface area (Å²) in [6.45, 7) is 5.06. The number of benzene rings is 1. The van der Waals surface area contributed by atoms with Gasteiger partial charge in [-0.2, -0.15) is 11.8 Å². The lowest BCUT2D eigenvalue weighted by molar-refractivity contribution is 0.104. The summed E-state index contributed by atoms with van der Waals surface area (Å²) in [6.07, 6.45) is 5.44. The molecule has 1 aromatic carbocycles. The molecule has 0 bridgehead atoms. The van der Waals surface area contributed by atoms with Crippen molar-refractivity contribution < 1.29 is 9.84 Å². The van der Waals surface area contributed by atoms with E-state index in [0.29, 0.717) is 19.2 Å². The second-order valence-corrected chi connectivity index (χ2v) is 7.20. The molecule has 4 heteroatoms. The Kier molecular flexibility index (Phi) is 6.40. The Bertz CT molecular complexity index is 432. The molecule has 1 saturated carbocycles. The fraction of sp³-hybridized carbons (Fsp3) is 0.647. The number of nitrogens with one attached hydrogen (secondary N) is 1. The molecule has 1 aliphatic carbocycles. The van der Waals surface area contributed by atoms with Gasteiger partial charge < -0.3 is 15.2 Å². The molecule has 0 amide bonds. The Hall–Kier alpha value is -0.710. The highest BCUT2D eigenvalue weighted by Crippen LogP contribution is 2.28. The van der Waals surface area contributed by atoms with Gasteiger partial charge in [0.05, 0.1) is 0 Å². The van der Waals surface area contributed by atoms with E-state index in [-0.39, 0.29) is 0 Å². The van der Waals surface area contributed by atoms with Gasteiger partial charge in [-0.15, -0.1) is 0 Å². The van der Waals surface area contributed by atoms with Crippen LogP contribution in [0.2, 0.25) is 0 Å². The fourth-order valence-electron chi connectivity index (χ4n) is 2.91. The van der Waals surface area contributed by atoms with Gasteiger partial charge in [-0.25, -0.2) is 0 Å². The molecule has 2 rings (SSSR count). The Morgan fingerprint density at radius 1 is 1.29 bits per heavy atom. The fourth-order valence-corrected chi connectivity index (χ4v) is 3.71. The molecule has 0 heterocycles. The Balaban J connectivity index is 1.69. The maximum absolute atomic E-state index is 10.0.